The van der Waals surface area contributed by atoms with Crippen molar-refractivity contribution in [3.05, 3.63) is 12.2 Å². The predicted octanol–water partition coefficient (Wildman–Crippen LogP) is 2.76. The second kappa shape index (κ2) is 9.04. The number of carbonyl (C=O) groups is 4. The first kappa shape index (κ1) is 27.0. The van der Waals surface area contributed by atoms with Crippen LogP contribution in [0.25, 0.3) is 0 Å². The van der Waals surface area contributed by atoms with E-state index >= 15 is 0 Å². The third-order valence-corrected chi connectivity index (χ3v) is 9.76. The molecule has 200 valence electrons. The van der Waals surface area contributed by atoms with Crippen LogP contribution in [-0.4, -0.2) is 57.5 Å². The van der Waals surface area contributed by atoms with Crippen molar-refractivity contribution in [3.63, 3.8) is 0 Å². The summed E-state index contributed by atoms with van der Waals surface area (Å²) in [7, 11) is -3.95. The first-order valence-corrected chi connectivity index (χ1v) is 14.5. The maximum atomic E-state index is 13.9. The highest BCUT2D eigenvalue weighted by Crippen LogP contribution is 2.68. The first-order valence-electron chi connectivity index (χ1n) is 12.7. The first-order chi connectivity index (χ1) is 16.8. The highest BCUT2D eigenvalue weighted by molar-refractivity contribution is 7.86. The van der Waals surface area contributed by atoms with Gasteiger partial charge in [0.25, 0.3) is 10.1 Å². The van der Waals surface area contributed by atoms with Crippen LogP contribution in [0, 0.1) is 34.0 Å². The van der Waals surface area contributed by atoms with Crippen molar-refractivity contribution >= 4 is 34.1 Å². The quantitative estimate of drug-likeness (QED) is 0.162. The number of ketones is 1. The van der Waals surface area contributed by atoms with Crippen LogP contribution in [0.3, 0.4) is 0 Å². The lowest BCUT2D eigenvalue weighted by Crippen LogP contribution is -2.71. The molecule has 1 heterocycles. The number of carbonyl (C=O) groups excluding carboxylic acids is 4. The minimum atomic E-state index is -3.95. The molecule has 1 aliphatic heterocycles. The third-order valence-electron chi connectivity index (χ3n) is 9.18. The van der Waals surface area contributed by atoms with Gasteiger partial charge in [0.2, 0.25) is 0 Å². The van der Waals surface area contributed by atoms with Crippen molar-refractivity contribution in [1.82, 2.24) is 0 Å². The van der Waals surface area contributed by atoms with E-state index in [9.17, 15) is 27.6 Å². The SMILES string of the molecule is C=C1C(=O)[C@@]23C(=O)OC[C@]4([C@@H](OS(C)(=O)=O)CCC(C)(C)[C@H]4C=O)[C@@H]2CC[C@@H]1[C@H]3OC(=O)CCCC. The van der Waals surface area contributed by atoms with Crippen LogP contribution in [0.1, 0.15) is 65.7 Å². The van der Waals surface area contributed by atoms with Gasteiger partial charge in [-0.15, -0.1) is 0 Å². The zero-order valence-corrected chi connectivity index (χ0v) is 22.2. The van der Waals surface area contributed by atoms with Crippen LogP contribution in [0.2, 0.25) is 0 Å². The van der Waals surface area contributed by atoms with Crippen molar-refractivity contribution in [2.75, 3.05) is 12.9 Å². The molecule has 0 aromatic carbocycles. The molecule has 0 unspecified atom stereocenters. The lowest BCUT2D eigenvalue weighted by atomic mass is 9.43. The molecule has 0 N–H and O–H groups in total. The zero-order chi connectivity index (χ0) is 26.7. The number of cyclic esters (lactones) is 1. The molecule has 3 aliphatic carbocycles. The van der Waals surface area contributed by atoms with Crippen LogP contribution < -0.4 is 0 Å². The Morgan fingerprint density at radius 3 is 2.53 bits per heavy atom. The number of aldehydes is 1. The molecule has 4 aliphatic rings. The summed E-state index contributed by atoms with van der Waals surface area (Å²) >= 11 is 0. The lowest BCUT2D eigenvalue weighted by molar-refractivity contribution is -0.245. The predicted molar refractivity (Wildman–Crippen MR) is 128 cm³/mol. The molecule has 2 spiro atoms. The number of Topliss-reactive ketones (excluding diaryl/α,β-unsaturated/α-hetero) is 1. The molecule has 0 radical (unpaired) electrons. The molecule has 0 aromatic rings. The molecule has 1 saturated heterocycles. The van der Waals surface area contributed by atoms with Crippen molar-refractivity contribution in [3.8, 4) is 0 Å². The van der Waals surface area contributed by atoms with E-state index in [2.05, 4.69) is 6.58 Å². The van der Waals surface area contributed by atoms with E-state index in [0.717, 1.165) is 19.0 Å². The average Bonchev–Trinajstić information content (AvgIpc) is 2.90. The summed E-state index contributed by atoms with van der Waals surface area (Å²) in [6.45, 7) is 9.46. The van der Waals surface area contributed by atoms with Gasteiger partial charge in [0.15, 0.2) is 11.2 Å². The molecular weight excluding hydrogens is 488 g/mol. The Balaban J connectivity index is 1.91. The van der Waals surface area contributed by atoms with E-state index < -0.39 is 74.0 Å². The Morgan fingerprint density at radius 2 is 1.92 bits per heavy atom. The van der Waals surface area contributed by atoms with Crippen LogP contribution in [0.5, 0.6) is 0 Å². The molecule has 3 saturated carbocycles. The number of hydrogen-bond acceptors (Lipinski definition) is 9. The van der Waals surface area contributed by atoms with Gasteiger partial charge in [0.1, 0.15) is 19.0 Å². The number of hydrogen-bond donors (Lipinski definition) is 0. The monoisotopic (exact) mass is 524 g/mol. The highest BCUT2D eigenvalue weighted by atomic mass is 32.2. The van der Waals surface area contributed by atoms with Crippen molar-refractivity contribution in [1.29, 1.82) is 0 Å². The van der Waals surface area contributed by atoms with Crippen LogP contribution in [-0.2, 0) is 43.0 Å². The number of esters is 2. The summed E-state index contributed by atoms with van der Waals surface area (Å²) in [4.78, 5) is 53.0. The summed E-state index contributed by atoms with van der Waals surface area (Å²) < 4.78 is 41.8. The topological polar surface area (TPSA) is 130 Å². The van der Waals surface area contributed by atoms with Gasteiger partial charge in [-0.1, -0.05) is 33.8 Å². The Kier molecular flexibility index (Phi) is 6.78. The van der Waals surface area contributed by atoms with E-state index in [1.54, 1.807) is 0 Å². The normalized spacial score (nSPS) is 39.4. The van der Waals surface area contributed by atoms with Gasteiger partial charge in [-0.25, -0.2) is 0 Å². The molecule has 0 amide bonds. The molecule has 10 heteroatoms. The van der Waals surface area contributed by atoms with Gasteiger partial charge in [-0.2, -0.15) is 8.42 Å². The zero-order valence-electron chi connectivity index (χ0n) is 21.4. The average molecular weight is 525 g/mol. The molecule has 4 rings (SSSR count). The van der Waals surface area contributed by atoms with E-state index in [4.69, 9.17) is 13.7 Å². The van der Waals surface area contributed by atoms with Crippen molar-refractivity contribution in [2.24, 2.45) is 34.0 Å². The second-order valence-electron chi connectivity index (χ2n) is 11.6. The fourth-order valence-electron chi connectivity index (χ4n) is 7.61. The second-order valence-corrected chi connectivity index (χ2v) is 13.2. The lowest BCUT2D eigenvalue weighted by Gasteiger charge is -2.62. The van der Waals surface area contributed by atoms with E-state index in [0.29, 0.717) is 32.1 Å². The molecular formula is C26H36O9S. The molecule has 9 nitrogen and oxygen atoms in total. The van der Waals surface area contributed by atoms with Gasteiger partial charge in [0, 0.05) is 23.7 Å². The minimum Gasteiger partial charge on any atom is -0.464 e. The number of ether oxygens (including phenoxy) is 2. The molecule has 36 heavy (non-hydrogen) atoms. The molecule has 7 atom stereocenters. The van der Waals surface area contributed by atoms with Crippen LogP contribution in [0.4, 0.5) is 0 Å². The Bertz CT molecular complexity index is 1090. The fourth-order valence-corrected chi connectivity index (χ4v) is 8.31. The van der Waals surface area contributed by atoms with E-state index in [1.165, 1.54) is 0 Å². The third kappa shape index (κ3) is 3.78. The van der Waals surface area contributed by atoms with Crippen LogP contribution >= 0.6 is 0 Å². The Labute approximate surface area is 212 Å². The van der Waals surface area contributed by atoms with Gasteiger partial charge >= 0.3 is 11.9 Å². The van der Waals surface area contributed by atoms with Crippen LogP contribution in [0.15, 0.2) is 12.2 Å². The van der Waals surface area contributed by atoms with Gasteiger partial charge in [0.05, 0.1) is 12.4 Å². The summed E-state index contributed by atoms with van der Waals surface area (Å²) in [6, 6.07) is 0. The molecule has 0 aromatic heterocycles. The number of rotatable bonds is 7. The van der Waals surface area contributed by atoms with Gasteiger partial charge in [-0.05, 0) is 49.0 Å². The highest BCUT2D eigenvalue weighted by Gasteiger charge is 2.79. The Hall–Kier alpha value is -2.07. The van der Waals surface area contributed by atoms with Gasteiger partial charge < -0.3 is 14.3 Å². The number of fused-ring (bicyclic) bond motifs is 2. The maximum absolute atomic E-state index is 13.9. The summed E-state index contributed by atoms with van der Waals surface area (Å²) in [6.07, 6.45) is 2.71. The summed E-state index contributed by atoms with van der Waals surface area (Å²) in [5, 5.41) is 0. The van der Waals surface area contributed by atoms with Crippen molar-refractivity contribution in [2.45, 2.75) is 77.9 Å². The standard InChI is InChI=1S/C26H36O9S/c1-6-7-8-20(28)34-22-16-9-10-17-25(14-33-23(30)26(17,22)21(29)15(16)2)18(13-27)24(3,4)12-11-19(25)35-36(5,31)32/h13,16-19,22H,2,6-12,14H2,1,3-5H3/t16-,17-,18+,19-,22+,25-,26-/m0/s1. The fraction of sp³-hybridized carbons (Fsp3) is 0.769. The Morgan fingerprint density at radius 1 is 1.22 bits per heavy atom. The number of unbranched alkanes of at least 4 members (excludes halogenated alkanes) is 1. The maximum Gasteiger partial charge on any atom is 0.324 e. The minimum absolute atomic E-state index is 0.144. The van der Waals surface area contributed by atoms with E-state index in [-0.39, 0.29) is 18.6 Å². The molecule has 2 bridgehead atoms. The summed E-state index contributed by atoms with van der Waals surface area (Å²) in [5.41, 5.74) is -3.54. The van der Waals surface area contributed by atoms with Crippen molar-refractivity contribution < 1.29 is 41.3 Å². The van der Waals surface area contributed by atoms with E-state index in [1.807, 2.05) is 20.8 Å². The largest absolute Gasteiger partial charge is 0.464 e. The van der Waals surface area contributed by atoms with Gasteiger partial charge in [-0.3, -0.25) is 18.6 Å². The molecule has 4 fully saturated rings. The smallest absolute Gasteiger partial charge is 0.324 e. The summed E-state index contributed by atoms with van der Waals surface area (Å²) in [5.74, 6) is -3.98.